The Balaban J connectivity index is 1.65. The Hall–Kier alpha value is -2.78. The van der Waals surface area contributed by atoms with Gasteiger partial charge in [-0.15, -0.1) is 0 Å². The maximum Gasteiger partial charge on any atom is 0.270 e. The van der Waals surface area contributed by atoms with Crippen molar-refractivity contribution in [1.29, 1.82) is 0 Å². The molecule has 0 saturated heterocycles. The summed E-state index contributed by atoms with van der Waals surface area (Å²) < 4.78 is 29.4. The molecule has 0 unspecified atom stereocenters. The van der Waals surface area contributed by atoms with E-state index < -0.39 is 14.9 Å². The molecule has 0 bridgehead atoms. The van der Waals surface area contributed by atoms with Crippen LogP contribution in [0.4, 0.5) is 5.69 Å². The Morgan fingerprint density at radius 3 is 2.77 bits per heavy atom. The van der Waals surface area contributed by atoms with Crippen molar-refractivity contribution in [2.75, 3.05) is 6.54 Å². The van der Waals surface area contributed by atoms with Crippen molar-refractivity contribution in [2.24, 2.45) is 0 Å². The zero-order valence-corrected chi connectivity index (χ0v) is 14.9. The topological polar surface area (TPSA) is 107 Å². The largest absolute Gasteiger partial charge is 0.331 e. The number of nitrogens with one attached hydrogen (secondary N) is 1. The Kier molecular flexibility index (Phi) is 5.01. The molecule has 0 aliphatic carbocycles. The maximum atomic E-state index is 12.4. The summed E-state index contributed by atoms with van der Waals surface area (Å²) in [6.07, 6.45) is 2.29. The molecule has 2 aromatic carbocycles. The molecule has 0 saturated carbocycles. The van der Waals surface area contributed by atoms with Crippen LogP contribution in [0.15, 0.2) is 53.7 Å². The number of para-hydroxylation sites is 2. The summed E-state index contributed by atoms with van der Waals surface area (Å²) in [5.41, 5.74) is 2.09. The molecule has 26 heavy (non-hydrogen) atoms. The fourth-order valence-corrected chi connectivity index (χ4v) is 4.05. The van der Waals surface area contributed by atoms with Gasteiger partial charge in [0.05, 0.1) is 27.2 Å². The van der Waals surface area contributed by atoms with Gasteiger partial charge >= 0.3 is 0 Å². The molecule has 0 spiro atoms. The number of aromatic nitrogens is 2. The summed E-state index contributed by atoms with van der Waals surface area (Å²) in [5, 5.41) is 10.9. The predicted octanol–water partition coefficient (Wildman–Crippen LogP) is 2.62. The molecule has 1 heterocycles. The summed E-state index contributed by atoms with van der Waals surface area (Å²) in [6.45, 7) is 2.43. The van der Waals surface area contributed by atoms with Gasteiger partial charge < -0.3 is 4.57 Å². The van der Waals surface area contributed by atoms with Gasteiger partial charge in [0.1, 0.15) is 0 Å². The number of benzene rings is 2. The normalized spacial score (nSPS) is 11.7. The summed E-state index contributed by atoms with van der Waals surface area (Å²) in [4.78, 5) is 14.5. The van der Waals surface area contributed by atoms with Gasteiger partial charge in [-0.2, -0.15) is 0 Å². The highest BCUT2D eigenvalue weighted by molar-refractivity contribution is 7.89. The van der Waals surface area contributed by atoms with Crippen molar-refractivity contribution in [3.63, 3.8) is 0 Å². The zero-order valence-electron chi connectivity index (χ0n) is 14.1. The van der Waals surface area contributed by atoms with Crippen molar-refractivity contribution in [1.82, 2.24) is 14.3 Å². The molecular weight excluding hydrogens is 356 g/mol. The van der Waals surface area contributed by atoms with E-state index in [0.717, 1.165) is 17.1 Å². The lowest BCUT2D eigenvalue weighted by Crippen LogP contribution is -2.26. The summed E-state index contributed by atoms with van der Waals surface area (Å²) in [5.74, 6) is 0. The van der Waals surface area contributed by atoms with Gasteiger partial charge in [0.2, 0.25) is 10.0 Å². The van der Waals surface area contributed by atoms with Crippen LogP contribution in [0, 0.1) is 17.0 Å². The van der Waals surface area contributed by atoms with E-state index in [-0.39, 0.29) is 17.1 Å². The van der Waals surface area contributed by atoms with Crippen molar-refractivity contribution >= 4 is 26.7 Å². The van der Waals surface area contributed by atoms with Gasteiger partial charge in [0.15, 0.2) is 0 Å². The number of rotatable bonds is 7. The first-order valence-corrected chi connectivity index (χ1v) is 9.51. The van der Waals surface area contributed by atoms with Crippen LogP contribution in [-0.4, -0.2) is 29.4 Å². The molecule has 1 aromatic heterocycles. The van der Waals surface area contributed by atoms with Gasteiger partial charge in [0, 0.05) is 25.2 Å². The zero-order chi connectivity index (χ0) is 18.7. The number of hydrogen-bond acceptors (Lipinski definition) is 5. The molecule has 0 aliphatic heterocycles. The fourth-order valence-electron chi connectivity index (χ4n) is 2.71. The molecule has 0 amide bonds. The van der Waals surface area contributed by atoms with E-state index in [9.17, 15) is 18.5 Å². The second-order valence-corrected chi connectivity index (χ2v) is 7.62. The molecule has 3 rings (SSSR count). The van der Waals surface area contributed by atoms with Crippen LogP contribution in [0.2, 0.25) is 0 Å². The maximum absolute atomic E-state index is 12.4. The minimum atomic E-state index is -3.81. The van der Waals surface area contributed by atoms with Gasteiger partial charge in [-0.05, 0) is 31.0 Å². The summed E-state index contributed by atoms with van der Waals surface area (Å²) in [7, 11) is -3.81. The molecule has 1 N–H and O–H groups in total. The number of aryl methyl sites for hydroxylation is 2. The lowest BCUT2D eigenvalue weighted by molar-refractivity contribution is -0.385. The van der Waals surface area contributed by atoms with Gasteiger partial charge in [-0.3, -0.25) is 10.1 Å². The Labute approximate surface area is 150 Å². The number of non-ortho nitro benzene ring substituents is 1. The molecule has 136 valence electrons. The van der Waals surface area contributed by atoms with E-state index in [1.807, 2.05) is 28.8 Å². The van der Waals surface area contributed by atoms with Crippen LogP contribution in [0.1, 0.15) is 12.0 Å². The third-order valence-corrected chi connectivity index (χ3v) is 5.67. The second kappa shape index (κ2) is 7.22. The molecule has 0 aliphatic rings. The van der Waals surface area contributed by atoms with Crippen LogP contribution in [0.3, 0.4) is 0 Å². The number of nitro benzene ring substituents is 1. The first kappa shape index (κ1) is 18.0. The molecule has 0 fully saturated rings. The van der Waals surface area contributed by atoms with Crippen molar-refractivity contribution in [3.05, 3.63) is 64.5 Å². The molecule has 3 aromatic rings. The van der Waals surface area contributed by atoms with Gasteiger partial charge in [-0.25, -0.2) is 18.1 Å². The van der Waals surface area contributed by atoms with Crippen molar-refractivity contribution in [2.45, 2.75) is 24.8 Å². The lowest BCUT2D eigenvalue weighted by atomic mass is 10.2. The standard InChI is InChI=1S/C17H18N4O4S/c1-13-7-8-14(21(22)23)11-17(13)26(24,25)19-9-4-10-20-12-18-15-5-2-3-6-16(15)20/h2-3,5-8,11-12,19H,4,9-10H2,1H3. The molecular formula is C17H18N4O4S. The van der Waals surface area contributed by atoms with Crippen molar-refractivity contribution < 1.29 is 13.3 Å². The van der Waals surface area contributed by atoms with E-state index in [4.69, 9.17) is 0 Å². The second-order valence-electron chi connectivity index (χ2n) is 5.88. The third kappa shape index (κ3) is 3.73. The fraction of sp³-hybridized carbons (Fsp3) is 0.235. The first-order valence-electron chi connectivity index (χ1n) is 8.03. The van der Waals surface area contributed by atoms with Gasteiger partial charge in [-0.1, -0.05) is 18.2 Å². The number of imidazole rings is 1. The highest BCUT2D eigenvalue weighted by Gasteiger charge is 2.20. The van der Waals surface area contributed by atoms with Crippen LogP contribution < -0.4 is 4.72 Å². The first-order chi connectivity index (χ1) is 12.4. The quantitative estimate of drug-likeness (QED) is 0.389. The molecule has 9 heteroatoms. The van der Waals surface area contributed by atoms with E-state index in [1.54, 1.807) is 13.3 Å². The molecule has 0 atom stereocenters. The Bertz CT molecular complexity index is 1060. The minimum Gasteiger partial charge on any atom is -0.331 e. The number of fused-ring (bicyclic) bond motifs is 1. The van der Waals surface area contributed by atoms with Gasteiger partial charge in [0.25, 0.3) is 5.69 Å². The third-order valence-electron chi connectivity index (χ3n) is 4.07. The average molecular weight is 374 g/mol. The lowest BCUT2D eigenvalue weighted by Gasteiger charge is -2.10. The highest BCUT2D eigenvalue weighted by Crippen LogP contribution is 2.21. The molecule has 8 nitrogen and oxygen atoms in total. The highest BCUT2D eigenvalue weighted by atomic mass is 32.2. The van der Waals surface area contributed by atoms with E-state index in [1.165, 1.54) is 12.1 Å². The minimum absolute atomic E-state index is 0.0696. The van der Waals surface area contributed by atoms with E-state index in [2.05, 4.69) is 9.71 Å². The Morgan fingerprint density at radius 1 is 1.23 bits per heavy atom. The van der Waals surface area contributed by atoms with Crippen LogP contribution in [-0.2, 0) is 16.6 Å². The van der Waals surface area contributed by atoms with Crippen LogP contribution in [0.25, 0.3) is 11.0 Å². The van der Waals surface area contributed by atoms with Crippen LogP contribution in [0.5, 0.6) is 0 Å². The van der Waals surface area contributed by atoms with Crippen molar-refractivity contribution in [3.8, 4) is 0 Å². The average Bonchev–Trinajstić information content (AvgIpc) is 3.02. The monoisotopic (exact) mass is 374 g/mol. The number of sulfonamides is 1. The van der Waals surface area contributed by atoms with E-state index in [0.29, 0.717) is 18.5 Å². The predicted molar refractivity (Wildman–Crippen MR) is 97.4 cm³/mol. The molecule has 0 radical (unpaired) electrons. The van der Waals surface area contributed by atoms with Crippen LogP contribution >= 0.6 is 0 Å². The smallest absolute Gasteiger partial charge is 0.270 e. The summed E-state index contributed by atoms with van der Waals surface area (Å²) >= 11 is 0. The Morgan fingerprint density at radius 2 is 2.00 bits per heavy atom. The summed E-state index contributed by atoms with van der Waals surface area (Å²) in [6, 6.07) is 11.5. The number of nitro groups is 1. The van der Waals surface area contributed by atoms with E-state index >= 15 is 0 Å². The SMILES string of the molecule is Cc1ccc([N+](=O)[O-])cc1S(=O)(=O)NCCCn1cnc2ccccc21. The number of hydrogen-bond donors (Lipinski definition) is 1. The number of nitrogens with zero attached hydrogens (tertiary/aromatic N) is 3.